The summed E-state index contributed by atoms with van der Waals surface area (Å²) in [5, 5.41) is 3.44. The highest BCUT2D eigenvalue weighted by molar-refractivity contribution is 7.59. The Balaban J connectivity index is 1.87. The highest BCUT2D eigenvalue weighted by atomic mass is 31.2. The van der Waals surface area contributed by atoms with Crippen LogP contribution in [0.3, 0.4) is 0 Å². The van der Waals surface area contributed by atoms with Crippen molar-refractivity contribution in [1.29, 1.82) is 0 Å². The van der Waals surface area contributed by atoms with Gasteiger partial charge in [0, 0.05) is 42.0 Å². The molecule has 152 valence electrons. The van der Waals surface area contributed by atoms with Crippen LogP contribution in [0.1, 0.15) is 26.3 Å². The molecular formula is C23H27N2O3P. The van der Waals surface area contributed by atoms with Gasteiger partial charge < -0.3 is 19.3 Å². The van der Waals surface area contributed by atoms with Gasteiger partial charge in [0.05, 0.1) is 5.41 Å². The molecule has 0 bridgehead atoms. The van der Waals surface area contributed by atoms with Crippen molar-refractivity contribution >= 4 is 30.0 Å². The zero-order valence-corrected chi connectivity index (χ0v) is 18.1. The molecule has 0 spiro atoms. The van der Waals surface area contributed by atoms with E-state index in [1.807, 2.05) is 54.8 Å². The van der Waals surface area contributed by atoms with Gasteiger partial charge in [0.2, 0.25) is 5.69 Å². The minimum atomic E-state index is -4.04. The van der Waals surface area contributed by atoms with Crippen LogP contribution in [0.15, 0.2) is 73.0 Å². The van der Waals surface area contributed by atoms with Crippen LogP contribution in [-0.2, 0) is 14.5 Å². The van der Waals surface area contributed by atoms with Crippen LogP contribution in [0.2, 0.25) is 0 Å². The maximum atomic E-state index is 12.2. The Hall–Kier alpha value is -2.46. The number of fused-ring (bicyclic) bond motifs is 1. The molecular weight excluding hydrogens is 383 g/mol. The van der Waals surface area contributed by atoms with Gasteiger partial charge in [-0.1, -0.05) is 24.3 Å². The number of allylic oxidation sites excluding steroid dienone is 3. The summed E-state index contributed by atoms with van der Waals surface area (Å²) in [6.45, 7) is 7.10. The SMILES string of the molecule is CC[N+]1=C(/C=C/C=C/Nc2ccccc2)C(C)(C)c2cc(P(=O)([O-])OC)ccc21. The van der Waals surface area contributed by atoms with Crippen LogP contribution in [0.5, 0.6) is 0 Å². The molecule has 1 heterocycles. The standard InChI is InChI=1S/C23H27N2O3P/c1-5-25-21-15-14-19(29(26,27)28-4)17-20(21)23(2,3)22(25)13-9-10-16-24-18-11-7-6-8-12-18/h6-17H,5H2,1-4H3,(H,26,27). The molecule has 0 saturated carbocycles. The van der Waals surface area contributed by atoms with Crippen molar-refractivity contribution in [3.8, 4) is 0 Å². The van der Waals surface area contributed by atoms with E-state index in [0.717, 1.165) is 29.2 Å². The van der Waals surface area contributed by atoms with Gasteiger partial charge in [-0.25, -0.2) is 0 Å². The first-order chi connectivity index (χ1) is 13.8. The summed E-state index contributed by atoms with van der Waals surface area (Å²) in [6, 6.07) is 15.2. The fraction of sp³-hybridized carbons (Fsp3) is 0.261. The fourth-order valence-electron chi connectivity index (χ4n) is 3.66. The van der Waals surface area contributed by atoms with E-state index in [1.54, 1.807) is 12.1 Å². The van der Waals surface area contributed by atoms with E-state index in [9.17, 15) is 9.46 Å². The molecule has 0 fully saturated rings. The molecule has 1 unspecified atom stereocenters. The van der Waals surface area contributed by atoms with E-state index in [0.29, 0.717) is 0 Å². The molecule has 6 heteroatoms. The van der Waals surface area contributed by atoms with Gasteiger partial charge >= 0.3 is 0 Å². The van der Waals surface area contributed by atoms with Crippen molar-refractivity contribution in [2.45, 2.75) is 26.2 Å². The molecule has 1 aliphatic heterocycles. The Morgan fingerprint density at radius 1 is 1.17 bits per heavy atom. The Bertz CT molecular complexity index is 1020. The summed E-state index contributed by atoms with van der Waals surface area (Å²) >= 11 is 0. The van der Waals surface area contributed by atoms with Crippen molar-refractivity contribution in [3.05, 3.63) is 78.5 Å². The van der Waals surface area contributed by atoms with Gasteiger partial charge in [-0.2, -0.15) is 4.58 Å². The van der Waals surface area contributed by atoms with Crippen molar-refractivity contribution in [3.63, 3.8) is 0 Å². The summed E-state index contributed by atoms with van der Waals surface area (Å²) in [4.78, 5) is 12.2. The van der Waals surface area contributed by atoms with Crippen LogP contribution in [0.25, 0.3) is 0 Å². The number of hydrogen-bond acceptors (Lipinski definition) is 4. The van der Waals surface area contributed by atoms with Gasteiger partial charge in [-0.3, -0.25) is 0 Å². The van der Waals surface area contributed by atoms with Gasteiger partial charge in [-0.15, -0.1) is 0 Å². The van der Waals surface area contributed by atoms with Crippen LogP contribution < -0.4 is 15.5 Å². The van der Waals surface area contributed by atoms with E-state index in [2.05, 4.69) is 36.7 Å². The number of benzene rings is 2. The zero-order chi connectivity index (χ0) is 21.1. The van der Waals surface area contributed by atoms with E-state index >= 15 is 0 Å². The first-order valence-corrected chi connectivity index (χ1v) is 11.2. The molecule has 0 saturated heterocycles. The monoisotopic (exact) mass is 410 g/mol. The number of nitrogens with zero attached hydrogens (tertiary/aromatic N) is 1. The Kier molecular flexibility index (Phi) is 6.23. The van der Waals surface area contributed by atoms with Crippen LogP contribution >= 0.6 is 7.60 Å². The van der Waals surface area contributed by atoms with Gasteiger partial charge in [0.1, 0.15) is 6.54 Å². The van der Waals surface area contributed by atoms with Crippen LogP contribution in [0, 0.1) is 0 Å². The Morgan fingerprint density at radius 2 is 1.90 bits per heavy atom. The zero-order valence-electron chi connectivity index (χ0n) is 17.3. The molecule has 1 atom stereocenters. The second-order valence-electron chi connectivity index (χ2n) is 7.36. The largest absolute Gasteiger partial charge is 0.775 e. The fourth-order valence-corrected chi connectivity index (χ4v) is 4.42. The van der Waals surface area contributed by atoms with E-state index < -0.39 is 7.60 Å². The summed E-state index contributed by atoms with van der Waals surface area (Å²) in [6.07, 6.45) is 7.92. The lowest BCUT2D eigenvalue weighted by molar-refractivity contribution is -0.433. The normalized spacial score (nSPS) is 17.7. The van der Waals surface area contributed by atoms with Gasteiger partial charge in [0.25, 0.3) is 0 Å². The van der Waals surface area contributed by atoms with Crippen molar-refractivity contribution < 1.29 is 18.6 Å². The molecule has 0 aliphatic carbocycles. The second kappa shape index (κ2) is 8.50. The average Bonchev–Trinajstić information content (AvgIpc) is 2.94. The first-order valence-electron chi connectivity index (χ1n) is 9.63. The summed E-state index contributed by atoms with van der Waals surface area (Å²) in [5.74, 6) is 0. The molecule has 3 rings (SSSR count). The molecule has 29 heavy (non-hydrogen) atoms. The molecule has 1 aliphatic rings. The summed E-state index contributed by atoms with van der Waals surface area (Å²) < 4.78 is 19.1. The Morgan fingerprint density at radius 3 is 2.55 bits per heavy atom. The molecule has 0 amide bonds. The maximum absolute atomic E-state index is 12.2. The predicted molar refractivity (Wildman–Crippen MR) is 118 cm³/mol. The minimum absolute atomic E-state index is 0.208. The predicted octanol–water partition coefficient (Wildman–Crippen LogP) is 4.09. The van der Waals surface area contributed by atoms with Gasteiger partial charge in [-0.05, 0) is 51.1 Å². The van der Waals surface area contributed by atoms with Crippen molar-refractivity contribution in [2.24, 2.45) is 0 Å². The first kappa shape index (κ1) is 21.3. The molecule has 1 N–H and O–H groups in total. The highest BCUT2D eigenvalue weighted by Gasteiger charge is 2.44. The number of hydrogen-bond donors (Lipinski definition) is 1. The maximum Gasteiger partial charge on any atom is 0.209 e. The third-order valence-corrected chi connectivity index (χ3v) is 6.62. The molecule has 0 aromatic heterocycles. The van der Waals surface area contributed by atoms with E-state index in [1.165, 1.54) is 7.11 Å². The third-order valence-electron chi connectivity index (χ3n) is 5.23. The third kappa shape index (κ3) is 4.27. The highest BCUT2D eigenvalue weighted by Crippen LogP contribution is 2.42. The lowest BCUT2D eigenvalue weighted by Gasteiger charge is -2.23. The number of anilines is 1. The molecule has 2 aromatic rings. The van der Waals surface area contributed by atoms with Crippen molar-refractivity contribution in [1.82, 2.24) is 0 Å². The van der Waals surface area contributed by atoms with Crippen LogP contribution in [-0.4, -0.2) is 23.9 Å². The molecule has 2 aromatic carbocycles. The molecule has 0 radical (unpaired) electrons. The summed E-state index contributed by atoms with van der Waals surface area (Å²) in [5.41, 5.74) is 3.84. The molecule has 5 nitrogen and oxygen atoms in total. The number of rotatable bonds is 7. The Labute approximate surface area is 172 Å². The summed E-state index contributed by atoms with van der Waals surface area (Å²) in [7, 11) is -2.84. The van der Waals surface area contributed by atoms with Gasteiger partial charge in [0.15, 0.2) is 13.3 Å². The van der Waals surface area contributed by atoms with E-state index in [-0.39, 0.29) is 10.7 Å². The lowest BCUT2D eigenvalue weighted by atomic mass is 9.81. The average molecular weight is 410 g/mol. The number of para-hydroxylation sites is 1. The van der Waals surface area contributed by atoms with Crippen molar-refractivity contribution in [2.75, 3.05) is 19.0 Å². The topological polar surface area (TPSA) is 64.4 Å². The minimum Gasteiger partial charge on any atom is -0.775 e. The second-order valence-corrected chi connectivity index (χ2v) is 9.24. The van der Waals surface area contributed by atoms with E-state index in [4.69, 9.17) is 4.52 Å². The quantitative estimate of drug-likeness (QED) is 0.424. The smallest absolute Gasteiger partial charge is 0.209 e. The number of nitrogens with one attached hydrogen (secondary N) is 1. The van der Waals surface area contributed by atoms with Crippen LogP contribution in [0.4, 0.5) is 11.4 Å². The lowest BCUT2D eigenvalue weighted by Crippen LogP contribution is -2.28.